The zero-order valence-corrected chi connectivity index (χ0v) is 14.8. The predicted octanol–water partition coefficient (Wildman–Crippen LogP) is 2.96. The molecule has 1 aromatic rings. The number of benzene rings is 1. The monoisotopic (exact) mass is 323 g/mol. The fraction of sp³-hybridized carbons (Fsp3) is 0.647. The van der Waals surface area contributed by atoms with Gasteiger partial charge in [-0.1, -0.05) is 31.5 Å². The van der Waals surface area contributed by atoms with Crippen LogP contribution in [0.25, 0.3) is 0 Å². The lowest BCUT2D eigenvalue weighted by molar-refractivity contribution is 0.0538. The summed E-state index contributed by atoms with van der Waals surface area (Å²) in [4.78, 5) is 0.348. The molecule has 5 heteroatoms. The van der Waals surface area contributed by atoms with E-state index in [4.69, 9.17) is 4.74 Å². The van der Waals surface area contributed by atoms with Crippen LogP contribution in [-0.4, -0.2) is 37.5 Å². The second kappa shape index (κ2) is 4.79. The van der Waals surface area contributed by atoms with Crippen molar-refractivity contribution in [2.24, 2.45) is 5.41 Å². The van der Waals surface area contributed by atoms with E-state index >= 15 is 0 Å². The van der Waals surface area contributed by atoms with Crippen molar-refractivity contribution >= 4 is 10.0 Å². The van der Waals surface area contributed by atoms with E-state index in [0.29, 0.717) is 4.90 Å². The molecule has 0 aliphatic carbocycles. The molecule has 2 heterocycles. The van der Waals surface area contributed by atoms with Crippen molar-refractivity contribution < 1.29 is 13.2 Å². The molecule has 1 aromatic carbocycles. The number of hydrogen-bond acceptors (Lipinski definition) is 3. The fourth-order valence-electron chi connectivity index (χ4n) is 4.05. The second-order valence-corrected chi connectivity index (χ2v) is 9.31. The maximum absolute atomic E-state index is 13.1. The number of fused-ring (bicyclic) bond motifs is 2. The van der Waals surface area contributed by atoms with E-state index in [-0.39, 0.29) is 17.6 Å². The van der Waals surface area contributed by atoms with Gasteiger partial charge in [-0.15, -0.1) is 0 Å². The normalized spacial score (nSPS) is 33.5. The van der Waals surface area contributed by atoms with Crippen LogP contribution in [0.2, 0.25) is 0 Å². The summed E-state index contributed by atoms with van der Waals surface area (Å²) in [6.07, 6.45) is 2.06. The Labute approximate surface area is 133 Å². The van der Waals surface area contributed by atoms with Crippen molar-refractivity contribution in [3.05, 3.63) is 29.8 Å². The highest BCUT2D eigenvalue weighted by molar-refractivity contribution is 7.89. The van der Waals surface area contributed by atoms with Crippen LogP contribution in [0.1, 0.15) is 39.2 Å². The first-order chi connectivity index (χ1) is 10.1. The summed E-state index contributed by atoms with van der Waals surface area (Å²) in [5.74, 6) is 0. The van der Waals surface area contributed by atoms with Crippen LogP contribution in [0.4, 0.5) is 0 Å². The zero-order chi connectivity index (χ0) is 16.3. The molecule has 0 N–H and O–H groups in total. The van der Waals surface area contributed by atoms with Gasteiger partial charge in [-0.25, -0.2) is 8.42 Å². The Balaban J connectivity index is 2.03. The highest BCUT2D eigenvalue weighted by Crippen LogP contribution is 2.57. The molecule has 0 spiro atoms. The average molecular weight is 323 g/mol. The molecule has 2 bridgehead atoms. The average Bonchev–Trinajstić information content (AvgIpc) is 3.01. The van der Waals surface area contributed by atoms with Gasteiger partial charge in [0.25, 0.3) is 0 Å². The van der Waals surface area contributed by atoms with Crippen LogP contribution in [0.5, 0.6) is 0 Å². The number of nitrogens with zero attached hydrogens (tertiary/aromatic N) is 1. The Kier molecular flexibility index (Phi) is 3.48. The highest BCUT2D eigenvalue weighted by Gasteiger charge is 2.65. The van der Waals surface area contributed by atoms with E-state index in [1.807, 2.05) is 26.0 Å². The Morgan fingerprint density at radius 3 is 2.14 bits per heavy atom. The lowest BCUT2D eigenvalue weighted by Gasteiger charge is -2.49. The number of likely N-dealkylation sites (N-methyl/N-ethyl adjacent to an activating group) is 1. The molecule has 0 aromatic heterocycles. The van der Waals surface area contributed by atoms with Crippen LogP contribution in [0.15, 0.2) is 29.2 Å². The maximum Gasteiger partial charge on any atom is 0.243 e. The number of hydrogen-bond donors (Lipinski definition) is 0. The highest BCUT2D eigenvalue weighted by atomic mass is 32.2. The van der Waals surface area contributed by atoms with Gasteiger partial charge < -0.3 is 4.74 Å². The summed E-state index contributed by atoms with van der Waals surface area (Å²) in [7, 11) is -1.84. The number of rotatable bonds is 3. The first-order valence-corrected chi connectivity index (χ1v) is 9.27. The summed E-state index contributed by atoms with van der Waals surface area (Å²) in [5, 5.41) is 0. The lowest BCUT2D eigenvalue weighted by atomic mass is 9.64. The van der Waals surface area contributed by atoms with Crippen LogP contribution in [-0.2, 0) is 14.8 Å². The van der Waals surface area contributed by atoms with E-state index < -0.39 is 15.6 Å². The molecular formula is C17H25NO3S. The van der Waals surface area contributed by atoms with Gasteiger partial charge in [0.1, 0.15) is 0 Å². The fourth-order valence-corrected chi connectivity index (χ4v) is 5.70. The molecule has 3 unspecified atom stereocenters. The van der Waals surface area contributed by atoms with Gasteiger partial charge in [-0.05, 0) is 38.8 Å². The Morgan fingerprint density at radius 1 is 1.09 bits per heavy atom. The summed E-state index contributed by atoms with van der Waals surface area (Å²) < 4.78 is 33.8. The standard InChI is InChI=1S/C17H25NO3S/c1-12-6-8-13(9-7-12)22(19,20)18(5)17(4)15-11-10-14(21-15)16(17,2)3/h6-9,14-15H,10-11H2,1-5H3. The summed E-state index contributed by atoms with van der Waals surface area (Å²) in [6, 6.07) is 7.05. The van der Waals surface area contributed by atoms with Crippen molar-refractivity contribution in [2.75, 3.05) is 7.05 Å². The predicted molar refractivity (Wildman–Crippen MR) is 86.2 cm³/mol. The van der Waals surface area contributed by atoms with Gasteiger partial charge in [0.2, 0.25) is 10.0 Å². The van der Waals surface area contributed by atoms with E-state index in [0.717, 1.165) is 18.4 Å². The molecular weight excluding hydrogens is 298 g/mol. The lowest BCUT2D eigenvalue weighted by Crippen LogP contribution is -2.62. The summed E-state index contributed by atoms with van der Waals surface area (Å²) in [6.45, 7) is 8.23. The molecule has 0 radical (unpaired) electrons. The van der Waals surface area contributed by atoms with Crippen molar-refractivity contribution in [1.29, 1.82) is 0 Å². The van der Waals surface area contributed by atoms with Crippen molar-refractivity contribution in [2.45, 2.75) is 63.2 Å². The third-order valence-electron chi connectivity index (χ3n) is 6.09. The van der Waals surface area contributed by atoms with Crippen LogP contribution >= 0.6 is 0 Å². The largest absolute Gasteiger partial charge is 0.372 e. The van der Waals surface area contributed by atoms with E-state index in [2.05, 4.69) is 13.8 Å². The first-order valence-electron chi connectivity index (χ1n) is 7.83. The number of aryl methyl sites for hydroxylation is 1. The Hall–Kier alpha value is -0.910. The smallest absolute Gasteiger partial charge is 0.243 e. The van der Waals surface area contributed by atoms with E-state index in [1.165, 1.54) is 0 Å². The Morgan fingerprint density at radius 2 is 1.64 bits per heavy atom. The van der Waals surface area contributed by atoms with Gasteiger partial charge in [-0.3, -0.25) is 0 Å². The maximum atomic E-state index is 13.1. The molecule has 22 heavy (non-hydrogen) atoms. The SMILES string of the molecule is Cc1ccc(S(=O)(=O)N(C)C2(C)C3CCC(O3)C2(C)C)cc1. The topological polar surface area (TPSA) is 46.6 Å². The van der Waals surface area contributed by atoms with Crippen LogP contribution in [0, 0.1) is 12.3 Å². The third-order valence-corrected chi connectivity index (χ3v) is 8.06. The molecule has 0 amide bonds. The molecule has 4 nitrogen and oxygen atoms in total. The molecule has 2 fully saturated rings. The third kappa shape index (κ3) is 1.92. The molecule has 3 rings (SSSR count). The minimum atomic E-state index is -3.54. The Bertz CT molecular complexity index is 680. The van der Waals surface area contributed by atoms with Crippen molar-refractivity contribution in [3.8, 4) is 0 Å². The van der Waals surface area contributed by atoms with Crippen molar-refractivity contribution in [3.63, 3.8) is 0 Å². The van der Waals surface area contributed by atoms with Gasteiger partial charge in [0.15, 0.2) is 0 Å². The zero-order valence-electron chi connectivity index (χ0n) is 14.0. The number of ether oxygens (including phenoxy) is 1. The molecule has 2 aliphatic rings. The molecule has 2 saturated heterocycles. The van der Waals surface area contributed by atoms with E-state index in [1.54, 1.807) is 23.5 Å². The van der Waals surface area contributed by atoms with Gasteiger partial charge in [0, 0.05) is 12.5 Å². The quantitative estimate of drug-likeness (QED) is 0.859. The summed E-state index contributed by atoms with van der Waals surface area (Å²) in [5.41, 5.74) is 0.318. The van der Waals surface area contributed by atoms with Gasteiger partial charge >= 0.3 is 0 Å². The van der Waals surface area contributed by atoms with Crippen LogP contribution < -0.4 is 0 Å². The minimum Gasteiger partial charge on any atom is -0.372 e. The molecule has 3 atom stereocenters. The van der Waals surface area contributed by atoms with Gasteiger partial charge in [-0.2, -0.15) is 4.31 Å². The first kappa shape index (κ1) is 16.0. The second-order valence-electron chi connectivity index (χ2n) is 7.35. The minimum absolute atomic E-state index is 0.0299. The molecule has 122 valence electrons. The van der Waals surface area contributed by atoms with Crippen molar-refractivity contribution in [1.82, 2.24) is 4.31 Å². The molecule has 0 saturated carbocycles. The molecule has 2 aliphatic heterocycles. The number of sulfonamides is 1. The van der Waals surface area contributed by atoms with E-state index in [9.17, 15) is 8.42 Å². The summed E-state index contributed by atoms with van der Waals surface area (Å²) >= 11 is 0. The van der Waals surface area contributed by atoms with Crippen LogP contribution in [0.3, 0.4) is 0 Å². The van der Waals surface area contributed by atoms with Gasteiger partial charge in [0.05, 0.1) is 22.6 Å².